The molecule has 0 aliphatic carbocycles. The molecule has 0 radical (unpaired) electrons. The van der Waals surface area contributed by atoms with Gasteiger partial charge in [0.25, 0.3) is 0 Å². The van der Waals surface area contributed by atoms with E-state index in [2.05, 4.69) is 60.6 Å². The third-order valence-corrected chi connectivity index (χ3v) is 4.00. The van der Waals surface area contributed by atoms with Crippen molar-refractivity contribution in [3.8, 4) is 0 Å². The van der Waals surface area contributed by atoms with E-state index in [4.69, 9.17) is 0 Å². The lowest BCUT2D eigenvalue weighted by Crippen LogP contribution is -1.99. The van der Waals surface area contributed by atoms with Crippen LogP contribution in [-0.4, -0.2) is 4.40 Å². The predicted octanol–water partition coefficient (Wildman–Crippen LogP) is 6.01. The first-order valence-electron chi connectivity index (χ1n) is 8.18. The van der Waals surface area contributed by atoms with E-state index in [1.165, 1.54) is 11.1 Å². The first kappa shape index (κ1) is 17.6. The van der Waals surface area contributed by atoms with E-state index in [1.54, 1.807) is 6.08 Å². The van der Waals surface area contributed by atoms with Crippen molar-refractivity contribution in [2.24, 2.45) is 0 Å². The summed E-state index contributed by atoms with van der Waals surface area (Å²) in [7, 11) is 0. The van der Waals surface area contributed by atoms with Gasteiger partial charge < -0.3 is 4.40 Å². The van der Waals surface area contributed by atoms with Crippen molar-refractivity contribution < 1.29 is 0 Å². The summed E-state index contributed by atoms with van der Waals surface area (Å²) in [5, 5.41) is 1.01. The quantitative estimate of drug-likeness (QED) is 0.575. The topological polar surface area (TPSA) is 4.41 Å². The lowest BCUT2D eigenvalue weighted by atomic mass is 10.1. The second-order valence-corrected chi connectivity index (χ2v) is 5.47. The number of hydrogen-bond acceptors (Lipinski definition) is 0. The molecule has 2 heterocycles. The highest BCUT2D eigenvalue weighted by atomic mass is 14.9. The van der Waals surface area contributed by atoms with E-state index >= 15 is 0 Å². The molecule has 2 rings (SSSR count). The maximum atomic E-state index is 4.35. The second kappa shape index (κ2) is 7.65. The minimum absolute atomic E-state index is 1.01. The highest BCUT2D eigenvalue weighted by Gasteiger charge is 2.19. The minimum Gasteiger partial charge on any atom is -0.308 e. The van der Waals surface area contributed by atoms with Gasteiger partial charge in [-0.2, -0.15) is 0 Å². The minimum atomic E-state index is 1.01. The van der Waals surface area contributed by atoms with Gasteiger partial charge in [0.1, 0.15) is 0 Å². The first-order valence-corrected chi connectivity index (χ1v) is 8.18. The van der Waals surface area contributed by atoms with Crippen molar-refractivity contribution in [3.63, 3.8) is 0 Å². The summed E-state index contributed by atoms with van der Waals surface area (Å²) >= 11 is 0. The molecule has 0 fully saturated rings. The van der Waals surface area contributed by atoms with Crippen molar-refractivity contribution in [1.82, 2.24) is 4.40 Å². The molecular formula is C23H25N. The van der Waals surface area contributed by atoms with Gasteiger partial charge in [-0.1, -0.05) is 68.3 Å². The van der Waals surface area contributed by atoms with Gasteiger partial charge in [-0.25, -0.2) is 0 Å². The summed E-state index contributed by atoms with van der Waals surface area (Å²) in [5.41, 5.74) is 6.82. The molecule has 122 valence electrons. The molecule has 0 amide bonds. The fourth-order valence-electron chi connectivity index (χ4n) is 3.13. The van der Waals surface area contributed by atoms with Crippen molar-refractivity contribution >= 4 is 42.5 Å². The van der Waals surface area contributed by atoms with Gasteiger partial charge in [-0.3, -0.25) is 0 Å². The Morgan fingerprint density at radius 3 is 1.92 bits per heavy atom. The molecule has 0 unspecified atom stereocenters. The van der Waals surface area contributed by atoms with E-state index in [0.29, 0.717) is 0 Å². The molecule has 0 saturated carbocycles. The average molecular weight is 315 g/mol. The molecule has 0 saturated heterocycles. The summed E-state index contributed by atoms with van der Waals surface area (Å²) < 4.78 is 2.25. The molecule has 2 aromatic rings. The maximum absolute atomic E-state index is 4.35. The lowest BCUT2D eigenvalue weighted by molar-refractivity contribution is 1.18. The molecule has 0 aliphatic rings. The van der Waals surface area contributed by atoms with Crippen LogP contribution in [-0.2, 0) is 0 Å². The number of aromatic nitrogens is 1. The van der Waals surface area contributed by atoms with Crippen LogP contribution in [0.15, 0.2) is 43.5 Å². The van der Waals surface area contributed by atoms with Crippen LogP contribution in [0.25, 0.3) is 42.5 Å². The largest absolute Gasteiger partial charge is 0.308 e. The zero-order chi connectivity index (χ0) is 17.7. The number of rotatable bonds is 6. The van der Waals surface area contributed by atoms with Crippen LogP contribution in [0.5, 0.6) is 0 Å². The predicted molar refractivity (Wildman–Crippen MR) is 112 cm³/mol. The van der Waals surface area contributed by atoms with E-state index in [0.717, 1.165) is 27.7 Å². The maximum Gasteiger partial charge on any atom is 0.0614 e. The third-order valence-electron chi connectivity index (χ3n) is 4.00. The molecule has 0 spiro atoms. The molecule has 0 aliphatic heterocycles. The van der Waals surface area contributed by atoms with Gasteiger partial charge in [0, 0.05) is 21.9 Å². The number of nitrogens with zero attached hydrogens (tertiary/aromatic N) is 1. The van der Waals surface area contributed by atoms with Gasteiger partial charge in [-0.15, -0.1) is 0 Å². The molecule has 1 nitrogen and oxygen atoms in total. The highest BCUT2D eigenvalue weighted by molar-refractivity contribution is 5.89. The molecule has 0 aromatic carbocycles. The Bertz CT molecular complexity index is 927. The van der Waals surface area contributed by atoms with E-state index in [1.807, 2.05) is 39.0 Å². The third kappa shape index (κ3) is 2.74. The Morgan fingerprint density at radius 2 is 1.38 bits per heavy atom. The van der Waals surface area contributed by atoms with Gasteiger partial charge in [0.2, 0.25) is 0 Å². The van der Waals surface area contributed by atoms with Crippen LogP contribution in [0.1, 0.15) is 48.8 Å². The lowest BCUT2D eigenvalue weighted by Gasteiger charge is -2.02. The van der Waals surface area contributed by atoms with Gasteiger partial charge >= 0.3 is 0 Å². The fourth-order valence-corrected chi connectivity index (χ4v) is 3.13. The molecule has 24 heavy (non-hydrogen) atoms. The summed E-state index contributed by atoms with van der Waals surface area (Å²) in [6, 6.07) is 0. The molecular weight excluding hydrogens is 290 g/mol. The zero-order valence-corrected chi connectivity index (χ0v) is 14.8. The summed E-state index contributed by atoms with van der Waals surface area (Å²) in [6.45, 7) is 18.3. The Labute approximate surface area is 145 Å². The number of fused-ring (bicyclic) bond motifs is 1. The second-order valence-electron chi connectivity index (χ2n) is 5.47. The molecule has 0 atom stereocenters. The van der Waals surface area contributed by atoms with Gasteiger partial charge in [0.05, 0.1) is 16.9 Å². The van der Waals surface area contributed by atoms with E-state index in [-0.39, 0.29) is 0 Å². The molecule has 2 aromatic heterocycles. The Hall–Kier alpha value is -2.80. The van der Waals surface area contributed by atoms with Crippen LogP contribution >= 0.6 is 0 Å². The Balaban J connectivity index is 3.12. The summed E-state index contributed by atoms with van der Waals surface area (Å²) in [4.78, 5) is 0. The Morgan fingerprint density at radius 1 is 0.750 bits per heavy atom. The van der Waals surface area contributed by atoms with Crippen LogP contribution in [0.4, 0.5) is 0 Å². The van der Waals surface area contributed by atoms with Crippen LogP contribution in [0.3, 0.4) is 0 Å². The van der Waals surface area contributed by atoms with E-state index in [9.17, 15) is 0 Å². The SMILES string of the molecule is C=C/C=C\c1c(C=C)n2c(/C=C\C)c(/C=C\C)c(/C=C\C)c2c1=C. The highest BCUT2D eigenvalue weighted by Crippen LogP contribution is 2.30. The summed E-state index contributed by atoms with van der Waals surface area (Å²) in [5.74, 6) is 0. The zero-order valence-electron chi connectivity index (χ0n) is 14.8. The number of allylic oxidation sites excluding steroid dienone is 5. The fraction of sp³-hybridized carbons (Fsp3) is 0.130. The van der Waals surface area contributed by atoms with Crippen molar-refractivity contribution in [2.75, 3.05) is 0 Å². The molecule has 0 N–H and O–H groups in total. The normalized spacial score (nSPS) is 12.6. The monoisotopic (exact) mass is 315 g/mol. The van der Waals surface area contributed by atoms with Crippen molar-refractivity contribution in [1.29, 1.82) is 0 Å². The first-order chi connectivity index (χ1) is 11.7. The van der Waals surface area contributed by atoms with Crippen LogP contribution < -0.4 is 5.22 Å². The Kier molecular flexibility index (Phi) is 5.59. The summed E-state index contributed by atoms with van der Waals surface area (Å²) in [6.07, 6.45) is 20.3. The van der Waals surface area contributed by atoms with Gasteiger partial charge in [0.15, 0.2) is 0 Å². The van der Waals surface area contributed by atoms with Crippen LogP contribution in [0.2, 0.25) is 0 Å². The molecule has 0 bridgehead atoms. The number of hydrogen-bond donors (Lipinski definition) is 0. The van der Waals surface area contributed by atoms with Crippen molar-refractivity contribution in [3.05, 3.63) is 76.8 Å². The van der Waals surface area contributed by atoms with E-state index < -0.39 is 0 Å². The molecule has 1 heteroatoms. The smallest absolute Gasteiger partial charge is 0.0614 e. The standard InChI is InChI=1S/C23H25N/c1-7-12-16-18-17(6)23-20(14-9-3)19(13-8-2)22(15-10-4)24(23)21(18)11-5/h7-16H,1,5-6H2,2-4H3/b13-8-,14-9-,15-10-,16-12-. The van der Waals surface area contributed by atoms with Gasteiger partial charge in [-0.05, 0) is 32.9 Å². The average Bonchev–Trinajstić information content (AvgIpc) is 3.01. The van der Waals surface area contributed by atoms with Crippen LogP contribution in [0, 0.1) is 0 Å². The van der Waals surface area contributed by atoms with Crippen molar-refractivity contribution in [2.45, 2.75) is 20.8 Å².